The van der Waals surface area contributed by atoms with Crippen molar-refractivity contribution in [2.24, 2.45) is 0 Å². The average molecular weight is 407 g/mol. The fourth-order valence-electron chi connectivity index (χ4n) is 3.66. The molecule has 144 valence electrons. The first-order valence-electron chi connectivity index (χ1n) is 9.61. The molecule has 1 N–H and O–H groups in total. The molecule has 3 nitrogen and oxygen atoms in total. The van der Waals surface area contributed by atoms with Gasteiger partial charge in [-0.05, 0) is 56.4 Å². The van der Waals surface area contributed by atoms with Gasteiger partial charge in [-0.3, -0.25) is 14.9 Å². The zero-order valence-corrected chi connectivity index (χ0v) is 16.8. The van der Waals surface area contributed by atoms with Gasteiger partial charge in [0.15, 0.2) is 0 Å². The molecule has 0 saturated carbocycles. The number of amides is 2. The summed E-state index contributed by atoms with van der Waals surface area (Å²) in [5.41, 5.74) is 5.52. The number of hydrogen-bond acceptors (Lipinski definition) is 3. The molecule has 1 aliphatic heterocycles. The fraction of sp³-hybridized carbons (Fsp3) is 0. The van der Waals surface area contributed by atoms with E-state index in [1.54, 1.807) is 6.08 Å². The van der Waals surface area contributed by atoms with Gasteiger partial charge in [0.05, 0.1) is 4.91 Å². The minimum absolute atomic E-state index is 0.325. The van der Waals surface area contributed by atoms with Gasteiger partial charge in [0.2, 0.25) is 0 Å². The zero-order valence-electron chi connectivity index (χ0n) is 16.0. The minimum atomic E-state index is -0.335. The van der Waals surface area contributed by atoms with Crippen LogP contribution in [0.15, 0.2) is 95.9 Å². The second-order valence-electron chi connectivity index (χ2n) is 7.08. The highest BCUT2D eigenvalue weighted by Gasteiger charge is 2.24. The van der Waals surface area contributed by atoms with Gasteiger partial charge in [-0.15, -0.1) is 0 Å². The van der Waals surface area contributed by atoms with Crippen LogP contribution in [-0.4, -0.2) is 11.1 Å². The Morgan fingerprint density at radius 3 is 2.00 bits per heavy atom. The molecular formula is C26H17NO2S. The Bertz CT molecular complexity index is 1300. The molecule has 0 aliphatic carbocycles. The van der Waals surface area contributed by atoms with Gasteiger partial charge < -0.3 is 0 Å². The van der Waals surface area contributed by atoms with E-state index in [2.05, 4.69) is 72.0 Å². The monoisotopic (exact) mass is 407 g/mol. The smallest absolute Gasteiger partial charge is 0.282 e. The Kier molecular flexibility index (Phi) is 4.69. The molecule has 1 heterocycles. The molecule has 0 unspecified atom stereocenters. The molecule has 5 rings (SSSR count). The van der Waals surface area contributed by atoms with Crippen molar-refractivity contribution in [2.75, 3.05) is 0 Å². The van der Waals surface area contributed by atoms with E-state index in [-0.39, 0.29) is 11.1 Å². The third-order valence-corrected chi connectivity index (χ3v) is 5.98. The molecule has 0 spiro atoms. The molecule has 2 amide bonds. The Hall–Kier alpha value is -3.63. The molecule has 1 fully saturated rings. The highest BCUT2D eigenvalue weighted by Crippen LogP contribution is 2.31. The van der Waals surface area contributed by atoms with Crippen molar-refractivity contribution in [3.63, 3.8) is 0 Å². The van der Waals surface area contributed by atoms with Crippen LogP contribution in [0.2, 0.25) is 0 Å². The second-order valence-corrected chi connectivity index (χ2v) is 8.09. The molecule has 0 aromatic heterocycles. The number of rotatable bonds is 3. The fourth-order valence-corrected chi connectivity index (χ4v) is 4.35. The Labute approximate surface area is 178 Å². The van der Waals surface area contributed by atoms with Crippen molar-refractivity contribution >= 4 is 39.8 Å². The number of hydrogen-bond donors (Lipinski definition) is 1. The van der Waals surface area contributed by atoms with E-state index in [4.69, 9.17) is 0 Å². The average Bonchev–Trinajstić information content (AvgIpc) is 3.10. The summed E-state index contributed by atoms with van der Waals surface area (Å²) in [6, 6.07) is 31.3. The summed E-state index contributed by atoms with van der Waals surface area (Å²) in [6.07, 6.45) is 1.73. The molecular weight excluding hydrogens is 390 g/mol. The number of benzene rings is 4. The van der Waals surface area contributed by atoms with Crippen LogP contribution in [0.3, 0.4) is 0 Å². The Morgan fingerprint density at radius 1 is 0.667 bits per heavy atom. The molecule has 0 bridgehead atoms. The van der Waals surface area contributed by atoms with E-state index < -0.39 is 0 Å². The van der Waals surface area contributed by atoms with Crippen LogP contribution in [0, 0.1) is 0 Å². The first kappa shape index (κ1) is 18.4. The molecule has 4 aromatic rings. The van der Waals surface area contributed by atoms with Gasteiger partial charge in [0.25, 0.3) is 11.1 Å². The van der Waals surface area contributed by atoms with Gasteiger partial charge in [0, 0.05) is 0 Å². The van der Waals surface area contributed by atoms with E-state index in [1.807, 2.05) is 24.3 Å². The Balaban J connectivity index is 1.41. The van der Waals surface area contributed by atoms with E-state index in [9.17, 15) is 9.59 Å². The summed E-state index contributed by atoms with van der Waals surface area (Å²) >= 11 is 0.931. The topological polar surface area (TPSA) is 46.2 Å². The van der Waals surface area contributed by atoms with Crippen LogP contribution in [0.25, 0.3) is 39.1 Å². The molecule has 30 heavy (non-hydrogen) atoms. The third kappa shape index (κ3) is 3.53. The second kappa shape index (κ2) is 7.65. The predicted octanol–water partition coefficient (Wildman–Crippen LogP) is 6.50. The van der Waals surface area contributed by atoms with Crippen LogP contribution in [0.1, 0.15) is 5.56 Å². The van der Waals surface area contributed by atoms with Gasteiger partial charge in [-0.1, -0.05) is 91.0 Å². The Morgan fingerprint density at radius 2 is 1.30 bits per heavy atom. The zero-order chi connectivity index (χ0) is 20.5. The standard InChI is InChI=1S/C26H17NO2S/c28-25-24(30-26(29)27-25)16-17-8-10-18(11-9-17)19-12-14-21(15-13-19)23-7-3-5-20-4-1-2-6-22(20)23/h1-16H,(H,27,28,29)/b24-16-. The lowest BCUT2D eigenvalue weighted by Gasteiger charge is -2.08. The van der Waals surface area contributed by atoms with Crippen molar-refractivity contribution < 1.29 is 9.59 Å². The lowest BCUT2D eigenvalue weighted by Crippen LogP contribution is -2.17. The molecule has 1 aliphatic rings. The lowest BCUT2D eigenvalue weighted by atomic mass is 9.96. The number of carbonyl (C=O) groups is 2. The number of carbonyl (C=O) groups excluding carboxylic acids is 2. The van der Waals surface area contributed by atoms with Crippen LogP contribution in [-0.2, 0) is 4.79 Å². The summed E-state index contributed by atoms with van der Waals surface area (Å²) < 4.78 is 0. The normalized spacial score (nSPS) is 15.0. The minimum Gasteiger partial charge on any atom is -0.282 e. The number of thioether (sulfide) groups is 1. The molecule has 0 atom stereocenters. The molecule has 4 heteroatoms. The largest absolute Gasteiger partial charge is 0.290 e. The van der Waals surface area contributed by atoms with Gasteiger partial charge in [-0.25, -0.2) is 0 Å². The molecule has 1 saturated heterocycles. The lowest BCUT2D eigenvalue weighted by molar-refractivity contribution is -0.115. The van der Waals surface area contributed by atoms with Crippen molar-refractivity contribution in [3.8, 4) is 22.3 Å². The summed E-state index contributed by atoms with van der Waals surface area (Å²) in [6.45, 7) is 0. The van der Waals surface area contributed by atoms with Crippen molar-refractivity contribution in [1.29, 1.82) is 0 Å². The maximum atomic E-state index is 11.7. The van der Waals surface area contributed by atoms with Gasteiger partial charge in [0.1, 0.15) is 0 Å². The van der Waals surface area contributed by atoms with Gasteiger partial charge >= 0.3 is 0 Å². The van der Waals surface area contributed by atoms with Crippen LogP contribution in [0.4, 0.5) is 4.79 Å². The molecule has 4 aromatic carbocycles. The predicted molar refractivity (Wildman–Crippen MR) is 124 cm³/mol. The number of nitrogens with one attached hydrogen (secondary N) is 1. The quantitative estimate of drug-likeness (QED) is 0.394. The highest BCUT2D eigenvalue weighted by molar-refractivity contribution is 8.18. The highest BCUT2D eigenvalue weighted by atomic mass is 32.2. The number of imide groups is 1. The SMILES string of the molecule is O=C1NC(=O)/C(=C/c2ccc(-c3ccc(-c4cccc5ccccc45)cc3)cc2)S1. The van der Waals surface area contributed by atoms with Crippen molar-refractivity contribution in [1.82, 2.24) is 5.32 Å². The first-order valence-corrected chi connectivity index (χ1v) is 10.4. The summed E-state index contributed by atoms with van der Waals surface area (Å²) in [5, 5.41) is 4.43. The maximum Gasteiger partial charge on any atom is 0.290 e. The summed E-state index contributed by atoms with van der Waals surface area (Å²) in [4.78, 5) is 23.4. The van der Waals surface area contributed by atoms with Crippen molar-refractivity contribution in [2.45, 2.75) is 0 Å². The van der Waals surface area contributed by atoms with E-state index in [0.717, 1.165) is 28.5 Å². The van der Waals surface area contributed by atoms with Crippen LogP contribution < -0.4 is 5.32 Å². The summed E-state index contributed by atoms with van der Waals surface area (Å²) in [5.74, 6) is -0.335. The van der Waals surface area contributed by atoms with Crippen molar-refractivity contribution in [3.05, 3.63) is 101 Å². The van der Waals surface area contributed by atoms with E-state index >= 15 is 0 Å². The van der Waals surface area contributed by atoms with Crippen LogP contribution >= 0.6 is 11.8 Å². The summed E-state index contributed by atoms with van der Waals surface area (Å²) in [7, 11) is 0. The van der Waals surface area contributed by atoms with Gasteiger partial charge in [-0.2, -0.15) is 0 Å². The molecule has 0 radical (unpaired) electrons. The van der Waals surface area contributed by atoms with E-state index in [0.29, 0.717) is 4.91 Å². The maximum absolute atomic E-state index is 11.7. The first-order chi connectivity index (χ1) is 14.7. The third-order valence-electron chi connectivity index (χ3n) is 5.17. The van der Waals surface area contributed by atoms with Crippen LogP contribution in [0.5, 0.6) is 0 Å². The number of fused-ring (bicyclic) bond motifs is 1. The van der Waals surface area contributed by atoms with E-state index in [1.165, 1.54) is 21.9 Å².